The summed E-state index contributed by atoms with van der Waals surface area (Å²) in [5, 5.41) is 9.35. The van der Waals surface area contributed by atoms with Gasteiger partial charge in [-0.05, 0) is 42.7 Å². The van der Waals surface area contributed by atoms with Gasteiger partial charge in [0.1, 0.15) is 35.9 Å². The normalized spacial score (nSPS) is 13.0. The number of aromatic nitrogens is 3. The maximum Gasteiger partial charge on any atom is 0.257 e. The van der Waals surface area contributed by atoms with Crippen LogP contribution in [0.4, 0.5) is 8.78 Å². The molecule has 0 aliphatic rings. The summed E-state index contributed by atoms with van der Waals surface area (Å²) in [6.45, 7) is 5.28. The second kappa shape index (κ2) is 9.46. The summed E-state index contributed by atoms with van der Waals surface area (Å²) in [6, 6.07) is 9.21. The number of hydrogen-bond donors (Lipinski definition) is 2. The summed E-state index contributed by atoms with van der Waals surface area (Å²) < 4.78 is 29.4. The zero-order valence-electron chi connectivity index (χ0n) is 17.3. The molecule has 7 nitrogen and oxygen atoms in total. The maximum atomic E-state index is 13.9. The summed E-state index contributed by atoms with van der Waals surface area (Å²) in [7, 11) is 0. The van der Waals surface area contributed by atoms with Gasteiger partial charge in [-0.15, -0.1) is 0 Å². The first-order valence-electron chi connectivity index (χ1n) is 9.78. The van der Waals surface area contributed by atoms with Crippen LogP contribution in [-0.4, -0.2) is 32.6 Å². The van der Waals surface area contributed by atoms with Gasteiger partial charge in [-0.3, -0.25) is 9.59 Å². The molecule has 2 atom stereocenters. The van der Waals surface area contributed by atoms with Crippen LogP contribution in [0.15, 0.2) is 55.1 Å². The first-order chi connectivity index (χ1) is 14.8. The maximum absolute atomic E-state index is 13.9. The molecule has 9 heteroatoms. The average molecular weight is 427 g/mol. The van der Waals surface area contributed by atoms with Crippen LogP contribution in [0.3, 0.4) is 0 Å². The number of nitrogens with one attached hydrogen (secondary N) is 2. The minimum absolute atomic E-state index is 0.305. The lowest BCUT2D eigenvalue weighted by molar-refractivity contribution is -0.124. The van der Waals surface area contributed by atoms with E-state index in [1.807, 2.05) is 24.3 Å². The molecule has 3 aromatic rings. The van der Waals surface area contributed by atoms with E-state index < -0.39 is 35.1 Å². The first kappa shape index (κ1) is 22.1. The van der Waals surface area contributed by atoms with Crippen molar-refractivity contribution >= 4 is 11.8 Å². The molecule has 0 unspecified atom stereocenters. The fraction of sp³-hybridized carbons (Fsp3) is 0.273. The van der Waals surface area contributed by atoms with E-state index in [4.69, 9.17) is 0 Å². The molecule has 162 valence electrons. The molecular weight excluding hydrogens is 404 g/mol. The van der Waals surface area contributed by atoms with E-state index in [0.717, 1.165) is 23.4 Å². The predicted octanol–water partition coefficient (Wildman–Crippen LogP) is 3.18. The van der Waals surface area contributed by atoms with Gasteiger partial charge in [-0.2, -0.15) is 5.10 Å². The molecule has 0 saturated heterocycles. The van der Waals surface area contributed by atoms with Crippen LogP contribution in [0.1, 0.15) is 42.7 Å². The highest BCUT2D eigenvalue weighted by molar-refractivity contribution is 5.98. The van der Waals surface area contributed by atoms with Gasteiger partial charge < -0.3 is 10.6 Å². The Morgan fingerprint density at radius 1 is 0.968 bits per heavy atom. The van der Waals surface area contributed by atoms with Crippen molar-refractivity contribution in [1.29, 1.82) is 0 Å². The van der Waals surface area contributed by atoms with Crippen LogP contribution in [0.25, 0.3) is 5.69 Å². The number of halogens is 2. The molecule has 2 N–H and O–H groups in total. The molecule has 0 bridgehead atoms. The molecule has 0 aliphatic carbocycles. The lowest BCUT2D eigenvalue weighted by Crippen LogP contribution is -2.50. The smallest absolute Gasteiger partial charge is 0.257 e. The lowest BCUT2D eigenvalue weighted by atomic mass is 10.0. The lowest BCUT2D eigenvalue weighted by Gasteiger charge is -2.24. The fourth-order valence-electron chi connectivity index (χ4n) is 3.11. The van der Waals surface area contributed by atoms with Crippen LogP contribution in [0.5, 0.6) is 0 Å². The molecule has 0 aliphatic heterocycles. The van der Waals surface area contributed by atoms with E-state index in [9.17, 15) is 18.4 Å². The number of rotatable bonds is 7. The van der Waals surface area contributed by atoms with Gasteiger partial charge in [0.25, 0.3) is 5.91 Å². The van der Waals surface area contributed by atoms with Crippen molar-refractivity contribution in [3.8, 4) is 5.69 Å². The molecule has 2 aromatic carbocycles. The number of amides is 2. The summed E-state index contributed by atoms with van der Waals surface area (Å²) in [5.41, 5.74) is 0.947. The van der Waals surface area contributed by atoms with E-state index in [0.29, 0.717) is 0 Å². The molecule has 2 amide bonds. The summed E-state index contributed by atoms with van der Waals surface area (Å²) >= 11 is 0. The highest BCUT2D eigenvalue weighted by atomic mass is 19.1. The number of carbonyl (C=O) groups is 2. The number of carbonyl (C=O) groups excluding carboxylic acids is 2. The first-order valence-corrected chi connectivity index (χ1v) is 9.78. The monoisotopic (exact) mass is 427 g/mol. The number of benzene rings is 2. The molecule has 3 rings (SSSR count). The zero-order chi connectivity index (χ0) is 22.5. The van der Waals surface area contributed by atoms with Gasteiger partial charge >= 0.3 is 0 Å². The third-order valence-electron chi connectivity index (χ3n) is 4.86. The minimum atomic E-state index is -0.985. The molecule has 1 heterocycles. The third kappa shape index (κ3) is 5.11. The van der Waals surface area contributed by atoms with Crippen LogP contribution < -0.4 is 10.6 Å². The van der Waals surface area contributed by atoms with E-state index in [1.54, 1.807) is 31.8 Å². The Hall–Kier alpha value is -3.62. The molecule has 31 heavy (non-hydrogen) atoms. The van der Waals surface area contributed by atoms with E-state index in [1.165, 1.54) is 12.4 Å². The number of hydrogen-bond acceptors (Lipinski definition) is 4. The topological polar surface area (TPSA) is 88.9 Å². The van der Waals surface area contributed by atoms with Crippen molar-refractivity contribution in [2.45, 2.75) is 32.9 Å². The molecule has 1 aromatic heterocycles. The van der Waals surface area contributed by atoms with Gasteiger partial charge in [0.15, 0.2) is 0 Å². The van der Waals surface area contributed by atoms with Gasteiger partial charge in [-0.25, -0.2) is 18.4 Å². The van der Waals surface area contributed by atoms with Crippen molar-refractivity contribution in [2.24, 2.45) is 5.92 Å². The van der Waals surface area contributed by atoms with Gasteiger partial charge in [0, 0.05) is 0 Å². The Labute approximate surface area is 178 Å². The molecule has 0 fully saturated rings. The Morgan fingerprint density at radius 2 is 1.61 bits per heavy atom. The highest BCUT2D eigenvalue weighted by Gasteiger charge is 2.28. The van der Waals surface area contributed by atoms with Crippen molar-refractivity contribution in [3.63, 3.8) is 0 Å². The Bertz CT molecular complexity index is 1030. The summed E-state index contributed by atoms with van der Waals surface area (Å²) in [6.07, 6.45) is 3.01. The summed E-state index contributed by atoms with van der Waals surface area (Å²) in [4.78, 5) is 29.2. The zero-order valence-corrected chi connectivity index (χ0v) is 17.3. The van der Waals surface area contributed by atoms with Crippen molar-refractivity contribution in [2.75, 3.05) is 0 Å². The van der Waals surface area contributed by atoms with Crippen molar-refractivity contribution < 1.29 is 18.4 Å². The van der Waals surface area contributed by atoms with E-state index in [2.05, 4.69) is 20.7 Å². The third-order valence-corrected chi connectivity index (χ3v) is 4.86. The standard InChI is InChI=1S/C22H23F2N5O2/c1-13(2)20(28-21(30)19-17(23)5-4-6-18(19)24)22(31)27-14(3)15-7-9-16(10-8-15)29-12-25-11-26-29/h4-14,20H,1-3H3,(H,27,31)(H,28,30)/t14-,20+/m0/s1. The van der Waals surface area contributed by atoms with E-state index in [-0.39, 0.29) is 12.0 Å². The minimum Gasteiger partial charge on any atom is -0.348 e. The van der Waals surface area contributed by atoms with Crippen molar-refractivity contribution in [1.82, 2.24) is 25.4 Å². The van der Waals surface area contributed by atoms with E-state index >= 15 is 0 Å². The molecule has 0 spiro atoms. The largest absolute Gasteiger partial charge is 0.348 e. The van der Waals surface area contributed by atoms with Crippen LogP contribution in [-0.2, 0) is 4.79 Å². The van der Waals surface area contributed by atoms with Crippen LogP contribution in [0, 0.1) is 17.6 Å². The quantitative estimate of drug-likeness (QED) is 0.606. The van der Waals surface area contributed by atoms with Gasteiger partial charge in [0.05, 0.1) is 11.7 Å². The van der Waals surface area contributed by atoms with Crippen LogP contribution >= 0.6 is 0 Å². The second-order valence-corrected chi connectivity index (χ2v) is 7.45. The summed E-state index contributed by atoms with van der Waals surface area (Å²) in [5.74, 6) is -3.70. The average Bonchev–Trinajstić information content (AvgIpc) is 3.26. The second-order valence-electron chi connectivity index (χ2n) is 7.45. The van der Waals surface area contributed by atoms with Crippen LogP contribution in [0.2, 0.25) is 0 Å². The fourth-order valence-corrected chi connectivity index (χ4v) is 3.11. The molecular formula is C22H23F2N5O2. The molecule has 0 saturated carbocycles. The Balaban J connectivity index is 1.69. The highest BCUT2D eigenvalue weighted by Crippen LogP contribution is 2.17. The Kier molecular flexibility index (Phi) is 6.74. The predicted molar refractivity (Wildman–Crippen MR) is 110 cm³/mol. The molecule has 0 radical (unpaired) electrons. The number of nitrogens with zero attached hydrogens (tertiary/aromatic N) is 3. The van der Waals surface area contributed by atoms with Gasteiger partial charge in [-0.1, -0.05) is 32.0 Å². The van der Waals surface area contributed by atoms with Crippen molar-refractivity contribution in [3.05, 3.63) is 77.9 Å². The Morgan fingerprint density at radius 3 is 2.16 bits per heavy atom. The SMILES string of the molecule is CC(C)[C@@H](NC(=O)c1c(F)cccc1F)C(=O)N[C@@H](C)c1ccc(-n2cncn2)cc1. The van der Waals surface area contributed by atoms with Gasteiger partial charge in [0.2, 0.25) is 5.91 Å².